The first kappa shape index (κ1) is 23.0. The number of carbonyl (C=O) groups is 1. The molecule has 5 rings (SSSR count). The molecule has 4 heterocycles. The maximum Gasteiger partial charge on any atom is 0.433 e. The molecule has 13 heteroatoms. The molecular formula is C22H22F4N8O. The van der Waals surface area contributed by atoms with Gasteiger partial charge < -0.3 is 14.7 Å². The summed E-state index contributed by atoms with van der Waals surface area (Å²) >= 11 is 0. The Morgan fingerprint density at radius 1 is 1.00 bits per heavy atom. The molecule has 3 aromatic rings. The van der Waals surface area contributed by atoms with E-state index in [0.29, 0.717) is 31.9 Å². The van der Waals surface area contributed by atoms with Crippen LogP contribution in [0.5, 0.6) is 0 Å². The second-order valence-electron chi connectivity index (χ2n) is 8.92. The molecular weight excluding hydrogens is 468 g/mol. The van der Waals surface area contributed by atoms with Crippen LogP contribution in [-0.4, -0.2) is 76.0 Å². The van der Waals surface area contributed by atoms with Gasteiger partial charge in [0.1, 0.15) is 11.6 Å². The number of aromatic nitrogens is 5. The maximum atomic E-state index is 14.0. The number of fused-ring (bicyclic) bond motifs is 1. The lowest BCUT2D eigenvalue weighted by atomic mass is 10.0. The van der Waals surface area contributed by atoms with E-state index >= 15 is 0 Å². The first-order valence-corrected chi connectivity index (χ1v) is 10.9. The van der Waals surface area contributed by atoms with Crippen molar-refractivity contribution >= 4 is 17.7 Å². The molecule has 0 N–H and O–H groups in total. The zero-order valence-electron chi connectivity index (χ0n) is 18.9. The van der Waals surface area contributed by atoms with Crippen LogP contribution in [0.3, 0.4) is 0 Å². The summed E-state index contributed by atoms with van der Waals surface area (Å²) in [6, 6.07) is 4.83. The molecule has 35 heavy (non-hydrogen) atoms. The van der Waals surface area contributed by atoms with Crippen LogP contribution in [0, 0.1) is 17.7 Å². The number of alkyl halides is 3. The highest BCUT2D eigenvalue weighted by molar-refractivity contribution is 5.98. The summed E-state index contributed by atoms with van der Waals surface area (Å²) in [6.45, 7) is 1.71. The van der Waals surface area contributed by atoms with Gasteiger partial charge in [-0.25, -0.2) is 9.37 Å². The van der Waals surface area contributed by atoms with E-state index in [1.165, 1.54) is 40.3 Å². The lowest BCUT2D eigenvalue weighted by Crippen LogP contribution is -2.34. The van der Waals surface area contributed by atoms with Crippen LogP contribution in [0.25, 0.3) is 5.69 Å². The summed E-state index contributed by atoms with van der Waals surface area (Å²) in [6.07, 6.45) is -1.66. The molecule has 0 radical (unpaired) electrons. The van der Waals surface area contributed by atoms with Crippen LogP contribution in [0.4, 0.5) is 29.3 Å². The number of hydrogen-bond acceptors (Lipinski definition) is 7. The molecule has 2 unspecified atom stereocenters. The highest BCUT2D eigenvalue weighted by Gasteiger charge is 2.43. The van der Waals surface area contributed by atoms with Crippen LogP contribution in [0.15, 0.2) is 36.7 Å². The van der Waals surface area contributed by atoms with Crippen molar-refractivity contribution in [2.24, 2.45) is 11.8 Å². The average molecular weight is 490 g/mol. The van der Waals surface area contributed by atoms with Gasteiger partial charge in [-0.1, -0.05) is 0 Å². The van der Waals surface area contributed by atoms with Gasteiger partial charge in [-0.05, 0) is 18.2 Å². The predicted octanol–water partition coefficient (Wildman–Crippen LogP) is 2.49. The number of likely N-dealkylation sites (tertiary alicyclic amines) is 1. The van der Waals surface area contributed by atoms with Gasteiger partial charge >= 0.3 is 6.18 Å². The Kier molecular flexibility index (Phi) is 5.56. The zero-order valence-corrected chi connectivity index (χ0v) is 18.9. The van der Waals surface area contributed by atoms with E-state index in [1.807, 2.05) is 4.90 Å². The fourth-order valence-electron chi connectivity index (χ4n) is 4.64. The smallest absolute Gasteiger partial charge is 0.356 e. The molecule has 2 aliphatic rings. The van der Waals surface area contributed by atoms with Gasteiger partial charge in [0.2, 0.25) is 5.95 Å². The van der Waals surface area contributed by atoms with Gasteiger partial charge in [0.05, 0.1) is 23.6 Å². The topological polar surface area (TPSA) is 83.3 Å². The van der Waals surface area contributed by atoms with E-state index in [1.54, 1.807) is 19.0 Å². The van der Waals surface area contributed by atoms with E-state index in [0.717, 1.165) is 6.07 Å². The van der Waals surface area contributed by atoms with Gasteiger partial charge in [-0.15, -0.1) is 0 Å². The Bertz CT molecular complexity index is 1230. The van der Waals surface area contributed by atoms with Gasteiger partial charge in [0.15, 0.2) is 5.69 Å². The Hall–Kier alpha value is -3.77. The van der Waals surface area contributed by atoms with Crippen LogP contribution in [0.1, 0.15) is 16.1 Å². The number of hydrogen-bond donors (Lipinski definition) is 0. The quantitative estimate of drug-likeness (QED) is 0.520. The predicted molar refractivity (Wildman–Crippen MR) is 118 cm³/mol. The van der Waals surface area contributed by atoms with Crippen molar-refractivity contribution in [1.82, 2.24) is 29.9 Å². The number of rotatable bonds is 4. The summed E-state index contributed by atoms with van der Waals surface area (Å²) in [7, 11) is 3.17. The molecule has 1 aromatic carbocycles. The number of carbonyl (C=O) groups excluding carboxylic acids is 1. The van der Waals surface area contributed by atoms with Gasteiger partial charge in [0, 0.05) is 58.2 Å². The SMILES string of the molecule is CN(C)c1nc(N2CC3CN(C(=O)c4cc(F)ccc4-n4nccn4)CC3C2)cc(C(F)(F)F)n1. The highest BCUT2D eigenvalue weighted by atomic mass is 19.4. The molecule has 2 aromatic heterocycles. The Balaban J connectivity index is 1.34. The number of amides is 1. The second kappa shape index (κ2) is 8.47. The van der Waals surface area contributed by atoms with E-state index in [9.17, 15) is 22.4 Å². The molecule has 0 bridgehead atoms. The van der Waals surface area contributed by atoms with E-state index in [2.05, 4.69) is 20.2 Å². The van der Waals surface area contributed by atoms with Crippen molar-refractivity contribution in [1.29, 1.82) is 0 Å². The third-order valence-corrected chi connectivity index (χ3v) is 6.31. The molecule has 2 fully saturated rings. The summed E-state index contributed by atoms with van der Waals surface area (Å²) in [5.74, 6) is -0.600. The number of nitrogens with zero attached hydrogens (tertiary/aromatic N) is 8. The fourth-order valence-corrected chi connectivity index (χ4v) is 4.64. The van der Waals surface area contributed by atoms with Gasteiger partial charge in [-0.3, -0.25) is 4.79 Å². The number of anilines is 2. The summed E-state index contributed by atoms with van der Waals surface area (Å²) in [5, 5.41) is 8.08. The average Bonchev–Trinajstić information content (AvgIpc) is 3.54. The molecule has 184 valence electrons. The maximum absolute atomic E-state index is 14.0. The molecule has 2 atom stereocenters. The van der Waals surface area contributed by atoms with Crippen molar-refractivity contribution in [3.63, 3.8) is 0 Å². The van der Waals surface area contributed by atoms with Crippen molar-refractivity contribution in [2.45, 2.75) is 6.18 Å². The number of benzene rings is 1. The van der Waals surface area contributed by atoms with Crippen molar-refractivity contribution in [3.8, 4) is 5.69 Å². The minimum absolute atomic E-state index is 0.0189. The second-order valence-corrected chi connectivity index (χ2v) is 8.92. The molecule has 9 nitrogen and oxygen atoms in total. The van der Waals surface area contributed by atoms with Crippen LogP contribution in [0.2, 0.25) is 0 Å². The monoisotopic (exact) mass is 490 g/mol. The minimum Gasteiger partial charge on any atom is -0.356 e. The minimum atomic E-state index is -4.59. The largest absolute Gasteiger partial charge is 0.433 e. The standard InChI is InChI=1S/C22H22F4N8O/c1-31(2)21-29-18(22(24,25)26)8-19(30-21)32-9-13-11-33(12-14(13)10-32)20(35)16-7-15(23)3-4-17(16)34-27-5-6-28-34/h3-8,13-14H,9-12H2,1-2H3. The van der Waals surface area contributed by atoms with Crippen molar-refractivity contribution in [3.05, 3.63) is 53.7 Å². The van der Waals surface area contributed by atoms with Crippen LogP contribution < -0.4 is 9.80 Å². The first-order valence-electron chi connectivity index (χ1n) is 10.9. The lowest BCUT2D eigenvalue weighted by molar-refractivity contribution is -0.141. The molecule has 0 spiro atoms. The Morgan fingerprint density at radius 2 is 1.66 bits per heavy atom. The molecule has 2 aliphatic heterocycles. The molecule has 2 saturated heterocycles. The van der Waals surface area contributed by atoms with Crippen molar-refractivity contribution < 1.29 is 22.4 Å². The lowest BCUT2D eigenvalue weighted by Gasteiger charge is -2.24. The summed E-state index contributed by atoms with van der Waals surface area (Å²) in [4.78, 5) is 27.4. The van der Waals surface area contributed by atoms with Gasteiger partial charge in [0.25, 0.3) is 5.91 Å². The van der Waals surface area contributed by atoms with E-state index in [4.69, 9.17) is 0 Å². The van der Waals surface area contributed by atoms with Crippen LogP contribution >= 0.6 is 0 Å². The van der Waals surface area contributed by atoms with E-state index < -0.39 is 17.7 Å². The van der Waals surface area contributed by atoms with E-state index in [-0.39, 0.29) is 35.1 Å². The third kappa shape index (κ3) is 4.37. The fraction of sp³-hybridized carbons (Fsp3) is 0.409. The van der Waals surface area contributed by atoms with Gasteiger partial charge in [-0.2, -0.15) is 33.1 Å². The molecule has 0 aliphatic carbocycles. The molecule has 0 saturated carbocycles. The van der Waals surface area contributed by atoms with Crippen molar-refractivity contribution in [2.75, 3.05) is 50.1 Å². The summed E-state index contributed by atoms with van der Waals surface area (Å²) < 4.78 is 54.1. The third-order valence-electron chi connectivity index (χ3n) is 6.31. The number of halogens is 4. The zero-order chi connectivity index (χ0) is 24.9. The van der Waals surface area contributed by atoms with Crippen LogP contribution in [-0.2, 0) is 6.18 Å². The normalized spacial score (nSPS) is 19.8. The summed E-state index contributed by atoms with van der Waals surface area (Å²) in [5.41, 5.74) is -0.470. The molecule has 1 amide bonds. The highest BCUT2D eigenvalue weighted by Crippen LogP contribution is 2.37. The Labute approximate surface area is 198 Å². The Morgan fingerprint density at radius 3 is 2.26 bits per heavy atom. The first-order chi connectivity index (χ1) is 16.6.